The minimum atomic E-state index is -3.71. The van der Waals surface area contributed by atoms with Gasteiger partial charge >= 0.3 is 0 Å². The van der Waals surface area contributed by atoms with Crippen LogP contribution in [0.1, 0.15) is 45.4 Å². The average molecular weight is 433 g/mol. The first-order valence-electron chi connectivity index (χ1n) is 9.13. The third kappa shape index (κ3) is 6.40. The maximum Gasteiger partial charge on any atom is 0.243 e. The second-order valence-corrected chi connectivity index (χ2v) is 9.49. The fourth-order valence-corrected chi connectivity index (χ4v) is 5.03. The minimum absolute atomic E-state index is 0.284. The first kappa shape index (κ1) is 22.1. The van der Waals surface area contributed by atoms with Gasteiger partial charge in [0.25, 0.3) is 0 Å². The summed E-state index contributed by atoms with van der Waals surface area (Å²) in [7, 11) is -3.71. The number of carbonyl (C=O) groups is 1. The number of benzene rings is 1. The third-order valence-corrected chi connectivity index (χ3v) is 6.18. The Kier molecular flexibility index (Phi) is 8.01. The molecule has 1 aromatic carbocycles. The van der Waals surface area contributed by atoms with E-state index in [9.17, 15) is 13.2 Å². The van der Waals surface area contributed by atoms with Crippen LogP contribution in [0.2, 0.25) is 10.0 Å². The van der Waals surface area contributed by atoms with E-state index >= 15 is 0 Å². The maximum absolute atomic E-state index is 12.7. The van der Waals surface area contributed by atoms with E-state index in [4.69, 9.17) is 23.2 Å². The molecular formula is C19H26Cl2N2O3S. The van der Waals surface area contributed by atoms with Crippen molar-refractivity contribution in [3.8, 4) is 0 Å². The molecule has 1 amide bonds. The Bertz CT molecular complexity index is 789. The number of anilines is 1. The van der Waals surface area contributed by atoms with Crippen LogP contribution in [-0.2, 0) is 14.8 Å². The normalized spacial score (nSPS) is 15.8. The summed E-state index contributed by atoms with van der Waals surface area (Å²) in [5.74, 6) is -0.324. The molecule has 1 aliphatic rings. The Hall–Kier alpha value is -1.24. The SMILES string of the molecule is CC[C@H](C(=O)NCCC1=CCCCC1)N(c1cc(Cl)cc(Cl)c1)S(C)(=O)=O. The fraction of sp³-hybridized carbons (Fsp3) is 0.526. The summed E-state index contributed by atoms with van der Waals surface area (Å²) in [5, 5.41) is 3.50. The Balaban J connectivity index is 2.16. The van der Waals surface area contributed by atoms with Gasteiger partial charge in [-0.25, -0.2) is 8.42 Å². The highest BCUT2D eigenvalue weighted by molar-refractivity contribution is 7.92. The van der Waals surface area contributed by atoms with E-state index in [0.29, 0.717) is 23.0 Å². The molecule has 1 aliphatic carbocycles. The molecule has 0 unspecified atom stereocenters. The number of sulfonamides is 1. The van der Waals surface area contributed by atoms with Crippen molar-refractivity contribution in [3.05, 3.63) is 39.9 Å². The largest absolute Gasteiger partial charge is 0.354 e. The second-order valence-electron chi connectivity index (χ2n) is 6.76. The zero-order valence-electron chi connectivity index (χ0n) is 15.7. The first-order valence-corrected chi connectivity index (χ1v) is 11.7. The van der Waals surface area contributed by atoms with Crippen molar-refractivity contribution < 1.29 is 13.2 Å². The van der Waals surface area contributed by atoms with Gasteiger partial charge in [0.15, 0.2) is 0 Å². The van der Waals surface area contributed by atoms with Crippen LogP contribution in [0.5, 0.6) is 0 Å². The van der Waals surface area contributed by atoms with E-state index in [0.717, 1.165) is 29.8 Å². The molecule has 0 saturated carbocycles. The molecule has 150 valence electrons. The van der Waals surface area contributed by atoms with E-state index in [2.05, 4.69) is 11.4 Å². The number of halogens is 2. The predicted molar refractivity (Wildman–Crippen MR) is 112 cm³/mol. The molecule has 0 aliphatic heterocycles. The summed E-state index contributed by atoms with van der Waals surface area (Å²) in [6.07, 6.45) is 9.01. The van der Waals surface area contributed by atoms with Crippen LogP contribution in [-0.4, -0.2) is 33.2 Å². The van der Waals surface area contributed by atoms with Crippen LogP contribution in [0.3, 0.4) is 0 Å². The number of nitrogens with one attached hydrogen (secondary N) is 1. The molecule has 1 N–H and O–H groups in total. The highest BCUT2D eigenvalue weighted by Gasteiger charge is 2.31. The van der Waals surface area contributed by atoms with Gasteiger partial charge in [-0.15, -0.1) is 0 Å². The van der Waals surface area contributed by atoms with Crippen molar-refractivity contribution in [1.29, 1.82) is 0 Å². The molecule has 0 bridgehead atoms. The van der Waals surface area contributed by atoms with Crippen molar-refractivity contribution in [1.82, 2.24) is 5.32 Å². The number of amides is 1. The second kappa shape index (κ2) is 9.80. The molecular weight excluding hydrogens is 407 g/mol. The molecule has 5 nitrogen and oxygen atoms in total. The molecule has 0 heterocycles. The third-order valence-electron chi connectivity index (χ3n) is 4.56. The molecule has 2 rings (SSSR count). The maximum atomic E-state index is 12.7. The summed E-state index contributed by atoms with van der Waals surface area (Å²) >= 11 is 12.1. The van der Waals surface area contributed by atoms with E-state index in [1.54, 1.807) is 6.92 Å². The topological polar surface area (TPSA) is 66.5 Å². The lowest BCUT2D eigenvalue weighted by molar-refractivity contribution is -0.122. The summed E-state index contributed by atoms with van der Waals surface area (Å²) in [6.45, 7) is 2.27. The average Bonchev–Trinajstić information content (AvgIpc) is 2.58. The lowest BCUT2D eigenvalue weighted by Gasteiger charge is -2.30. The van der Waals surface area contributed by atoms with Gasteiger partial charge in [-0.1, -0.05) is 41.8 Å². The van der Waals surface area contributed by atoms with Crippen LogP contribution < -0.4 is 9.62 Å². The highest BCUT2D eigenvalue weighted by atomic mass is 35.5. The van der Waals surface area contributed by atoms with Gasteiger partial charge in [-0.05, 0) is 56.7 Å². The number of hydrogen-bond acceptors (Lipinski definition) is 3. The van der Waals surface area contributed by atoms with Crippen molar-refractivity contribution in [2.24, 2.45) is 0 Å². The first-order chi connectivity index (χ1) is 12.7. The lowest BCUT2D eigenvalue weighted by atomic mass is 9.97. The van der Waals surface area contributed by atoms with Crippen LogP contribution in [0, 0.1) is 0 Å². The number of hydrogen-bond donors (Lipinski definition) is 1. The fourth-order valence-electron chi connectivity index (χ4n) is 3.32. The lowest BCUT2D eigenvalue weighted by Crippen LogP contribution is -2.49. The Labute approximate surface area is 171 Å². The van der Waals surface area contributed by atoms with Crippen molar-refractivity contribution in [2.75, 3.05) is 17.1 Å². The molecule has 0 fully saturated rings. The van der Waals surface area contributed by atoms with Crippen LogP contribution >= 0.6 is 23.2 Å². The minimum Gasteiger partial charge on any atom is -0.354 e. The molecule has 27 heavy (non-hydrogen) atoms. The van der Waals surface area contributed by atoms with E-state index < -0.39 is 16.1 Å². The highest BCUT2D eigenvalue weighted by Crippen LogP contribution is 2.29. The summed E-state index contributed by atoms with van der Waals surface area (Å²) in [6, 6.07) is 3.65. The summed E-state index contributed by atoms with van der Waals surface area (Å²) in [4.78, 5) is 12.7. The Morgan fingerprint density at radius 3 is 2.41 bits per heavy atom. The van der Waals surface area contributed by atoms with Gasteiger partial charge in [-0.3, -0.25) is 9.10 Å². The van der Waals surface area contributed by atoms with Gasteiger partial charge in [0.1, 0.15) is 6.04 Å². The van der Waals surface area contributed by atoms with E-state index in [1.165, 1.54) is 36.6 Å². The Morgan fingerprint density at radius 1 is 1.22 bits per heavy atom. The van der Waals surface area contributed by atoms with Crippen molar-refractivity contribution >= 4 is 44.8 Å². The molecule has 0 spiro atoms. The quantitative estimate of drug-likeness (QED) is 0.612. The number of allylic oxidation sites excluding steroid dienone is 1. The molecule has 0 radical (unpaired) electrons. The van der Waals surface area contributed by atoms with E-state index in [1.807, 2.05) is 0 Å². The number of nitrogens with zero attached hydrogens (tertiary/aromatic N) is 1. The standard InChI is InChI=1S/C19H26Cl2N2O3S/c1-3-18(19(24)22-10-9-14-7-5-4-6-8-14)23(27(2,25)26)17-12-15(20)11-16(21)13-17/h7,11-13,18H,3-6,8-10H2,1-2H3,(H,22,24)/t18-/m1/s1. The van der Waals surface area contributed by atoms with Crippen LogP contribution in [0.25, 0.3) is 0 Å². The summed E-state index contributed by atoms with van der Waals surface area (Å²) in [5.41, 5.74) is 1.64. The van der Waals surface area contributed by atoms with Gasteiger partial charge in [0, 0.05) is 16.6 Å². The monoisotopic (exact) mass is 432 g/mol. The van der Waals surface area contributed by atoms with Gasteiger partial charge in [-0.2, -0.15) is 0 Å². The predicted octanol–water partition coefficient (Wildman–Crippen LogP) is 4.54. The van der Waals surface area contributed by atoms with Crippen molar-refractivity contribution in [2.45, 2.75) is 51.5 Å². The molecule has 8 heteroatoms. The number of rotatable bonds is 8. The van der Waals surface area contributed by atoms with Gasteiger partial charge in [0.05, 0.1) is 11.9 Å². The van der Waals surface area contributed by atoms with Crippen molar-refractivity contribution in [3.63, 3.8) is 0 Å². The van der Waals surface area contributed by atoms with Gasteiger partial charge < -0.3 is 5.32 Å². The summed E-state index contributed by atoms with van der Waals surface area (Å²) < 4.78 is 26.0. The Morgan fingerprint density at radius 2 is 1.89 bits per heavy atom. The molecule has 0 saturated heterocycles. The van der Waals surface area contributed by atoms with Crippen LogP contribution in [0.15, 0.2) is 29.8 Å². The molecule has 1 atom stereocenters. The van der Waals surface area contributed by atoms with Gasteiger partial charge in [0.2, 0.25) is 15.9 Å². The molecule has 1 aromatic rings. The van der Waals surface area contributed by atoms with Crippen LogP contribution in [0.4, 0.5) is 5.69 Å². The molecule has 0 aromatic heterocycles. The number of carbonyl (C=O) groups excluding carboxylic acids is 1. The zero-order valence-corrected chi connectivity index (χ0v) is 18.0. The zero-order chi connectivity index (χ0) is 20.0. The van der Waals surface area contributed by atoms with E-state index in [-0.39, 0.29) is 11.6 Å². The smallest absolute Gasteiger partial charge is 0.243 e.